The lowest BCUT2D eigenvalue weighted by Crippen LogP contribution is -2.30. The van der Waals surface area contributed by atoms with Gasteiger partial charge >= 0.3 is 5.97 Å². The van der Waals surface area contributed by atoms with Gasteiger partial charge in [0.1, 0.15) is 12.4 Å². The second kappa shape index (κ2) is 19.6. The molecule has 0 radical (unpaired) electrons. The van der Waals surface area contributed by atoms with Crippen molar-refractivity contribution in [1.82, 2.24) is 0 Å². The van der Waals surface area contributed by atoms with Crippen LogP contribution >= 0.6 is 0 Å². The van der Waals surface area contributed by atoms with Crippen LogP contribution in [0.4, 0.5) is 0 Å². The van der Waals surface area contributed by atoms with E-state index in [1.807, 2.05) is 31.2 Å². The number of hydrogen-bond acceptors (Lipinski definition) is 4. The highest BCUT2D eigenvalue weighted by atomic mass is 16.5. The number of hydrogen-bond donors (Lipinski definition) is 1. The third kappa shape index (κ3) is 14.5. The van der Waals surface area contributed by atoms with E-state index in [4.69, 9.17) is 9.84 Å². The van der Waals surface area contributed by atoms with Gasteiger partial charge in [-0.25, -0.2) is 4.79 Å². The summed E-state index contributed by atoms with van der Waals surface area (Å²) in [5, 5.41) is 8.80. The van der Waals surface area contributed by atoms with Crippen LogP contribution in [0, 0.1) is 5.41 Å². The van der Waals surface area contributed by atoms with Crippen LogP contribution in [0.5, 0.6) is 0 Å². The molecule has 1 aliphatic rings. The Balaban J connectivity index is 2.53. The van der Waals surface area contributed by atoms with Crippen molar-refractivity contribution in [2.24, 2.45) is 5.41 Å². The molecule has 0 aromatic rings. The number of aldehydes is 1. The van der Waals surface area contributed by atoms with Crippen molar-refractivity contribution in [2.45, 2.75) is 118 Å². The quantitative estimate of drug-likeness (QED) is 0.0640. The molecule has 1 unspecified atom stereocenters. The lowest BCUT2D eigenvalue weighted by Gasteiger charge is -2.36. The molecule has 0 fully saturated rings. The summed E-state index contributed by atoms with van der Waals surface area (Å²) < 4.78 is 5.85. The molecule has 0 aromatic heterocycles. The van der Waals surface area contributed by atoms with Gasteiger partial charge in [-0.05, 0) is 81.1 Å². The van der Waals surface area contributed by atoms with E-state index in [2.05, 4.69) is 39.8 Å². The maximum absolute atomic E-state index is 12.5. The predicted octanol–water partition coefficient (Wildman–Crippen LogP) is 8.69. The average Bonchev–Trinajstić information content (AvgIpc) is 2.86. The van der Waals surface area contributed by atoms with Gasteiger partial charge in [-0.15, -0.1) is 0 Å². The number of rotatable bonds is 18. The SMILES string of the molecule is CC(C=CC=C(C)C=CC1=C(C)C(OC(=O)C=CCCCCCCCCCCCO)CCC1(C)C)=CC=O. The summed E-state index contributed by atoms with van der Waals surface area (Å²) in [6.07, 6.45) is 29.2. The number of aliphatic hydroxyl groups is 1. The van der Waals surface area contributed by atoms with Gasteiger partial charge in [0.05, 0.1) is 0 Å². The molecule has 1 rings (SSSR count). The van der Waals surface area contributed by atoms with Crippen LogP contribution in [0.15, 0.2) is 70.9 Å². The highest BCUT2D eigenvalue weighted by Gasteiger charge is 2.33. The van der Waals surface area contributed by atoms with Crippen molar-refractivity contribution in [3.63, 3.8) is 0 Å². The first-order valence-electron chi connectivity index (χ1n) is 14.6. The molecule has 4 heteroatoms. The zero-order valence-electron chi connectivity index (χ0n) is 24.6. The molecule has 0 amide bonds. The Labute approximate surface area is 232 Å². The fourth-order valence-electron chi connectivity index (χ4n) is 4.81. The van der Waals surface area contributed by atoms with E-state index in [-0.39, 0.29) is 17.5 Å². The third-order valence-corrected chi connectivity index (χ3v) is 7.27. The first-order chi connectivity index (χ1) is 18.2. The van der Waals surface area contributed by atoms with Crippen LogP contribution in [0.3, 0.4) is 0 Å². The van der Waals surface area contributed by atoms with Crippen molar-refractivity contribution in [2.75, 3.05) is 6.61 Å². The fourth-order valence-corrected chi connectivity index (χ4v) is 4.81. The molecule has 4 nitrogen and oxygen atoms in total. The summed E-state index contributed by atoms with van der Waals surface area (Å²) >= 11 is 0. The molecular weight excluding hydrogens is 472 g/mol. The number of ether oxygens (including phenoxy) is 1. The summed E-state index contributed by atoms with van der Waals surface area (Å²) in [5.41, 5.74) is 4.40. The Kier molecular flexibility index (Phi) is 17.3. The standard InChI is InChI=1S/C34H52O4/c1-28(18-17-19-29(2)24-27-36)21-22-31-30(3)32(23-25-34(31,4)5)38-33(37)20-15-13-11-9-7-6-8-10-12-14-16-26-35/h15,17-22,24,27,32,35H,6-14,16,23,25-26H2,1-5H3. The minimum absolute atomic E-state index is 0.0260. The Morgan fingerprint density at radius 3 is 2.16 bits per heavy atom. The predicted molar refractivity (Wildman–Crippen MR) is 160 cm³/mol. The van der Waals surface area contributed by atoms with Crippen LogP contribution in [0.25, 0.3) is 0 Å². The van der Waals surface area contributed by atoms with Crippen LogP contribution < -0.4 is 0 Å². The van der Waals surface area contributed by atoms with Gasteiger partial charge in [-0.3, -0.25) is 4.79 Å². The first kappa shape index (κ1) is 33.6. The van der Waals surface area contributed by atoms with Crippen molar-refractivity contribution in [3.8, 4) is 0 Å². The van der Waals surface area contributed by atoms with E-state index in [1.165, 1.54) is 50.2 Å². The average molecular weight is 525 g/mol. The number of aliphatic hydroxyl groups excluding tert-OH is 1. The smallest absolute Gasteiger partial charge is 0.331 e. The van der Waals surface area contributed by atoms with Gasteiger partial charge in [-0.1, -0.05) is 101 Å². The number of carbonyl (C=O) groups excluding carboxylic acids is 2. The van der Waals surface area contributed by atoms with Crippen LogP contribution in [0.1, 0.15) is 112 Å². The molecule has 1 aliphatic carbocycles. The molecule has 0 aliphatic heterocycles. The van der Waals surface area contributed by atoms with Gasteiger partial charge in [0, 0.05) is 12.7 Å². The van der Waals surface area contributed by atoms with Gasteiger partial charge in [0.15, 0.2) is 0 Å². The minimum atomic E-state index is -0.250. The number of allylic oxidation sites excluding steroid dienone is 10. The van der Waals surface area contributed by atoms with E-state index < -0.39 is 0 Å². The fraction of sp³-hybridized carbons (Fsp3) is 0.588. The van der Waals surface area contributed by atoms with Crippen LogP contribution in [-0.2, 0) is 14.3 Å². The Bertz CT molecular complexity index is 895. The zero-order chi connectivity index (χ0) is 28.2. The van der Waals surface area contributed by atoms with Crippen molar-refractivity contribution < 1.29 is 19.4 Å². The van der Waals surface area contributed by atoms with E-state index in [9.17, 15) is 9.59 Å². The molecule has 38 heavy (non-hydrogen) atoms. The molecule has 1 atom stereocenters. The maximum atomic E-state index is 12.5. The van der Waals surface area contributed by atoms with Gasteiger partial charge < -0.3 is 9.84 Å². The van der Waals surface area contributed by atoms with E-state index in [0.29, 0.717) is 6.61 Å². The summed E-state index contributed by atoms with van der Waals surface area (Å²) in [6.45, 7) is 10.8. The van der Waals surface area contributed by atoms with Gasteiger partial charge in [0.2, 0.25) is 0 Å². The Morgan fingerprint density at radius 1 is 0.921 bits per heavy atom. The maximum Gasteiger partial charge on any atom is 0.331 e. The largest absolute Gasteiger partial charge is 0.455 e. The number of unbranched alkanes of at least 4 members (excludes halogenated alkanes) is 9. The Morgan fingerprint density at radius 2 is 1.53 bits per heavy atom. The molecule has 1 N–H and O–H groups in total. The van der Waals surface area contributed by atoms with Crippen LogP contribution in [0.2, 0.25) is 0 Å². The molecule has 212 valence electrons. The molecule has 0 heterocycles. The minimum Gasteiger partial charge on any atom is -0.455 e. The van der Waals surface area contributed by atoms with Crippen molar-refractivity contribution >= 4 is 12.3 Å². The highest BCUT2D eigenvalue weighted by Crippen LogP contribution is 2.42. The lowest BCUT2D eigenvalue weighted by molar-refractivity contribution is -0.142. The first-order valence-corrected chi connectivity index (χ1v) is 14.6. The second-order valence-electron chi connectivity index (χ2n) is 11.2. The zero-order valence-corrected chi connectivity index (χ0v) is 24.6. The summed E-state index contributed by atoms with van der Waals surface area (Å²) in [5.74, 6) is -0.250. The van der Waals surface area contributed by atoms with E-state index >= 15 is 0 Å². The monoisotopic (exact) mass is 524 g/mol. The second-order valence-corrected chi connectivity index (χ2v) is 11.2. The van der Waals surface area contributed by atoms with Crippen molar-refractivity contribution in [3.05, 3.63) is 70.9 Å². The molecule has 0 saturated carbocycles. The number of carbonyl (C=O) groups is 2. The van der Waals surface area contributed by atoms with Crippen LogP contribution in [-0.4, -0.2) is 30.1 Å². The summed E-state index contributed by atoms with van der Waals surface area (Å²) in [4.78, 5) is 23.0. The highest BCUT2D eigenvalue weighted by molar-refractivity contribution is 5.82. The summed E-state index contributed by atoms with van der Waals surface area (Å²) in [7, 11) is 0. The molecule has 0 aromatic carbocycles. The molecule has 0 saturated heterocycles. The summed E-state index contributed by atoms with van der Waals surface area (Å²) in [6, 6.07) is 0. The van der Waals surface area contributed by atoms with Gasteiger partial charge in [0.25, 0.3) is 0 Å². The van der Waals surface area contributed by atoms with Gasteiger partial charge in [-0.2, -0.15) is 0 Å². The normalized spacial score (nSPS) is 18.7. The third-order valence-electron chi connectivity index (χ3n) is 7.27. The van der Waals surface area contributed by atoms with E-state index in [1.54, 1.807) is 6.08 Å². The lowest BCUT2D eigenvalue weighted by atomic mass is 9.71. The van der Waals surface area contributed by atoms with E-state index in [0.717, 1.165) is 61.5 Å². The van der Waals surface area contributed by atoms with Crippen molar-refractivity contribution in [1.29, 1.82) is 0 Å². The topological polar surface area (TPSA) is 63.6 Å². The molecule has 0 spiro atoms. The molecular formula is C34H52O4. The number of esters is 1. The Hall–Kier alpha value is -2.46. The molecule has 0 bridgehead atoms.